The number of nitrogens with zero attached hydrogens (tertiary/aromatic N) is 1. The third kappa shape index (κ3) is 6.34. The molecule has 0 radical (unpaired) electrons. The van der Waals surface area contributed by atoms with Gasteiger partial charge < -0.3 is 16.0 Å². The first-order valence-corrected chi connectivity index (χ1v) is 10.2. The van der Waals surface area contributed by atoms with Crippen molar-refractivity contribution in [3.05, 3.63) is 51.8 Å². The number of anilines is 1. The number of alkyl halides is 3. The van der Waals surface area contributed by atoms with Crippen LogP contribution in [0.5, 0.6) is 0 Å². The number of nitro groups is 1. The van der Waals surface area contributed by atoms with Gasteiger partial charge in [-0.1, -0.05) is 29.6 Å². The normalized spacial score (nSPS) is 13.2. The lowest BCUT2D eigenvalue weighted by atomic mass is 10.1. The highest BCUT2D eigenvalue weighted by Gasteiger charge is 2.36. The monoisotopic (exact) mass is 496 g/mol. The van der Waals surface area contributed by atoms with E-state index in [1.54, 1.807) is 30.3 Å². The van der Waals surface area contributed by atoms with Crippen LogP contribution in [0.1, 0.15) is 6.92 Å². The highest BCUT2D eigenvalue weighted by molar-refractivity contribution is 14.2. The van der Waals surface area contributed by atoms with Crippen LogP contribution in [-0.4, -0.2) is 38.8 Å². The van der Waals surface area contributed by atoms with E-state index in [0.717, 1.165) is 0 Å². The summed E-state index contributed by atoms with van der Waals surface area (Å²) in [6, 6.07) is 8.12. The Morgan fingerprint density at radius 2 is 1.93 bits per heavy atom. The molecule has 0 fully saturated rings. The zero-order chi connectivity index (χ0) is 20.6. The average Bonchev–Trinajstić information content (AvgIpc) is 2.63. The van der Waals surface area contributed by atoms with E-state index in [0.29, 0.717) is 5.69 Å². The number of nitrogens with one attached hydrogen (secondary N) is 3. The Bertz CT molecular complexity index is 756. The van der Waals surface area contributed by atoms with Gasteiger partial charge in [-0.3, -0.25) is 19.7 Å². The second kappa shape index (κ2) is 10.0. The zero-order valence-corrected chi connectivity index (χ0v) is 16.7. The molecule has 0 saturated carbocycles. The van der Waals surface area contributed by atoms with Crippen LogP contribution >= 0.6 is 20.7 Å². The quantitative estimate of drug-likeness (QED) is 0.159. The van der Waals surface area contributed by atoms with Crippen LogP contribution < -0.4 is 16.0 Å². The minimum absolute atomic E-state index is 0.0960. The predicted octanol–water partition coefficient (Wildman–Crippen LogP) is 2.08. The van der Waals surface area contributed by atoms with Gasteiger partial charge >= 0.3 is 15.5 Å². The molecule has 1 aromatic rings. The predicted molar refractivity (Wildman–Crippen MR) is 106 cm³/mol. The lowest BCUT2D eigenvalue weighted by molar-refractivity contribution is -0.420. The first-order valence-electron chi connectivity index (χ1n) is 7.62. The van der Waals surface area contributed by atoms with Crippen LogP contribution in [0.25, 0.3) is 0 Å². The number of carbonyl (C=O) groups is 2. The smallest absolute Gasteiger partial charge is 0.367 e. The Labute approximate surface area is 164 Å². The standard InChI is InChI=1S/C16H19F2IN4O4/c1-10(9-21-15(25)16(17,18)19-2)12(20-3)13(23(26)27)14(24)22-11-7-5-4-6-8-11/h4-8,10,20H,2,9H2,1,3H3,(H,21,25)(H,22,24)/b13-12+. The summed E-state index contributed by atoms with van der Waals surface area (Å²) in [6.45, 7) is 1.15. The molecule has 2 amide bonds. The number of rotatable bonds is 9. The third-order valence-electron chi connectivity index (χ3n) is 3.44. The largest absolute Gasteiger partial charge is 0.385 e. The molecule has 148 valence electrons. The Morgan fingerprint density at radius 3 is 2.41 bits per heavy atom. The molecular weight excluding hydrogens is 477 g/mol. The maximum absolute atomic E-state index is 13.3. The van der Waals surface area contributed by atoms with Gasteiger partial charge in [-0.25, -0.2) is 0 Å². The Hall–Kier alpha value is -2.44. The van der Waals surface area contributed by atoms with Crippen molar-refractivity contribution in [3.8, 4) is 0 Å². The molecule has 0 aliphatic heterocycles. The van der Waals surface area contributed by atoms with Crippen molar-refractivity contribution in [1.29, 1.82) is 0 Å². The summed E-state index contributed by atoms with van der Waals surface area (Å²) in [5.41, 5.74) is -0.502. The second-order valence-electron chi connectivity index (χ2n) is 5.33. The number of hydrogen-bond acceptors (Lipinski definition) is 5. The number of amides is 2. The summed E-state index contributed by atoms with van der Waals surface area (Å²) >= 11 is -1.89. The fourth-order valence-corrected chi connectivity index (χ4v) is 2.66. The SMILES string of the molecule is C=IC(F)(F)C(=O)NCC(C)/C(NC)=C(/C(=O)Nc1ccccc1)[N+](=O)[O-]. The van der Waals surface area contributed by atoms with Crippen LogP contribution in [0.2, 0.25) is 0 Å². The molecule has 0 aliphatic carbocycles. The number of halogens is 3. The van der Waals surface area contributed by atoms with E-state index in [9.17, 15) is 28.5 Å². The van der Waals surface area contributed by atoms with Gasteiger partial charge in [-0.05, 0) is 32.9 Å². The lowest BCUT2D eigenvalue weighted by Crippen LogP contribution is -2.40. The van der Waals surface area contributed by atoms with Gasteiger partial charge in [0.15, 0.2) is 0 Å². The maximum atomic E-state index is 13.3. The fourth-order valence-electron chi connectivity index (χ4n) is 2.12. The average molecular weight is 496 g/mol. The lowest BCUT2D eigenvalue weighted by Gasteiger charge is -2.18. The van der Waals surface area contributed by atoms with Gasteiger partial charge in [0.25, 0.3) is 5.91 Å². The number of hydrogen-bond donors (Lipinski definition) is 3. The van der Waals surface area contributed by atoms with Gasteiger partial charge in [-0.2, -0.15) is 8.78 Å². The molecule has 0 aliphatic rings. The topological polar surface area (TPSA) is 113 Å². The third-order valence-corrected chi connectivity index (χ3v) is 4.89. The molecule has 1 atom stereocenters. The first kappa shape index (κ1) is 22.6. The number of carbonyl (C=O) groups excluding carboxylic acids is 2. The maximum Gasteiger partial charge on any atom is 0.367 e. The van der Waals surface area contributed by atoms with Crippen LogP contribution in [0, 0.1) is 16.0 Å². The van der Waals surface area contributed by atoms with Gasteiger partial charge in [0.2, 0.25) is 0 Å². The van der Waals surface area contributed by atoms with Crippen LogP contribution in [0.3, 0.4) is 0 Å². The molecule has 27 heavy (non-hydrogen) atoms. The summed E-state index contributed by atoms with van der Waals surface area (Å²) < 4.78 is 26.2. The molecule has 0 bridgehead atoms. The minimum Gasteiger partial charge on any atom is -0.385 e. The molecule has 0 heterocycles. The van der Waals surface area contributed by atoms with Crippen molar-refractivity contribution in [1.82, 2.24) is 10.6 Å². The Morgan fingerprint density at radius 1 is 1.33 bits per heavy atom. The van der Waals surface area contributed by atoms with Gasteiger partial charge in [-0.15, -0.1) is 0 Å². The second-order valence-corrected chi connectivity index (χ2v) is 7.45. The fraction of sp³-hybridized carbons (Fsp3) is 0.312. The van der Waals surface area contributed by atoms with Gasteiger partial charge in [0, 0.05) is 25.2 Å². The van der Waals surface area contributed by atoms with E-state index in [2.05, 4.69) is 15.1 Å². The summed E-state index contributed by atoms with van der Waals surface area (Å²) in [6.07, 6.45) is 0. The summed E-state index contributed by atoms with van der Waals surface area (Å²) in [4.78, 5) is 34.4. The van der Waals surface area contributed by atoms with Crippen LogP contribution in [-0.2, 0) is 9.59 Å². The first-order chi connectivity index (χ1) is 12.6. The van der Waals surface area contributed by atoms with Crippen LogP contribution in [0.4, 0.5) is 14.5 Å². The molecule has 8 nitrogen and oxygen atoms in total. The van der Waals surface area contributed by atoms with E-state index < -0.39 is 53.0 Å². The molecule has 11 heteroatoms. The molecule has 0 saturated heterocycles. The van der Waals surface area contributed by atoms with Crippen molar-refractivity contribution < 1.29 is 23.3 Å². The molecule has 3 N–H and O–H groups in total. The van der Waals surface area contributed by atoms with Crippen molar-refractivity contribution in [3.63, 3.8) is 0 Å². The summed E-state index contributed by atoms with van der Waals surface area (Å²) in [5.74, 6) is -3.24. The minimum atomic E-state index is -3.53. The molecule has 0 aromatic heterocycles. The van der Waals surface area contributed by atoms with Crippen molar-refractivity contribution >= 4 is 42.7 Å². The Balaban J connectivity index is 3.03. The van der Waals surface area contributed by atoms with E-state index in [1.165, 1.54) is 14.0 Å². The van der Waals surface area contributed by atoms with Crippen LogP contribution in [0.15, 0.2) is 41.7 Å². The summed E-state index contributed by atoms with van der Waals surface area (Å²) in [7, 11) is 1.36. The zero-order valence-electron chi connectivity index (χ0n) is 14.6. The highest BCUT2D eigenvalue weighted by atomic mass is 127. The Kier molecular flexibility index (Phi) is 8.40. The summed E-state index contributed by atoms with van der Waals surface area (Å²) in [5, 5.41) is 18.4. The van der Waals surface area contributed by atoms with Gasteiger partial charge in [0.05, 0.1) is 4.92 Å². The van der Waals surface area contributed by atoms with E-state index in [4.69, 9.17) is 0 Å². The van der Waals surface area contributed by atoms with Crippen molar-refractivity contribution in [2.75, 3.05) is 18.9 Å². The van der Waals surface area contributed by atoms with E-state index >= 15 is 0 Å². The number of para-hydroxylation sites is 1. The molecule has 1 unspecified atom stereocenters. The molecule has 0 spiro atoms. The van der Waals surface area contributed by atoms with E-state index in [-0.39, 0.29) is 12.2 Å². The number of benzene rings is 1. The van der Waals surface area contributed by atoms with Gasteiger partial charge in [0.1, 0.15) is 5.70 Å². The van der Waals surface area contributed by atoms with Crippen molar-refractivity contribution in [2.24, 2.45) is 5.92 Å². The molecule has 1 rings (SSSR count). The van der Waals surface area contributed by atoms with Crippen molar-refractivity contribution in [2.45, 2.75) is 10.9 Å². The highest BCUT2D eigenvalue weighted by Crippen LogP contribution is 2.27. The molecular formula is C16H19F2IN4O4. The molecule has 1 aromatic carbocycles. The van der Waals surface area contributed by atoms with E-state index in [1.807, 2.05) is 5.32 Å².